The van der Waals surface area contributed by atoms with E-state index in [1.807, 2.05) is 0 Å². The van der Waals surface area contributed by atoms with Gasteiger partial charge in [-0.1, -0.05) is 16.4 Å². The first-order valence-electron chi connectivity index (χ1n) is 8.65. The third-order valence-electron chi connectivity index (χ3n) is 4.47. The summed E-state index contributed by atoms with van der Waals surface area (Å²) in [5, 5.41) is 28.8. The van der Waals surface area contributed by atoms with E-state index in [1.165, 1.54) is 23.3 Å². The molecule has 5 N–H and O–H groups in total. The fourth-order valence-corrected chi connectivity index (χ4v) is 4.95. The molecule has 2 atom stereocenters. The van der Waals surface area contributed by atoms with Crippen LogP contribution in [0.4, 0.5) is 5.13 Å². The maximum Gasteiger partial charge on any atom is 0.352 e. The molecule has 2 aromatic rings. The molecule has 2 aromatic heterocycles. The number of rotatable bonds is 6. The topological polar surface area (TPSA) is 184 Å². The lowest BCUT2D eigenvalue weighted by Gasteiger charge is -2.49. The van der Waals surface area contributed by atoms with Gasteiger partial charge >= 0.3 is 5.97 Å². The zero-order valence-electron chi connectivity index (χ0n) is 15.5. The molecule has 14 heteroatoms. The van der Waals surface area contributed by atoms with E-state index in [0.29, 0.717) is 11.3 Å². The molecule has 31 heavy (non-hydrogen) atoms. The van der Waals surface area contributed by atoms with Gasteiger partial charge in [0.15, 0.2) is 16.6 Å². The number of fused-ring (bicyclic) bond motifs is 1. The smallest absolute Gasteiger partial charge is 0.352 e. The number of nitrogen functional groups attached to an aromatic ring is 1. The molecule has 1 fully saturated rings. The Morgan fingerprint density at radius 1 is 1.42 bits per heavy atom. The van der Waals surface area contributed by atoms with E-state index in [9.17, 15) is 24.7 Å². The van der Waals surface area contributed by atoms with E-state index in [4.69, 9.17) is 10.3 Å². The average molecular weight is 462 g/mol. The molecule has 0 spiro atoms. The van der Waals surface area contributed by atoms with Gasteiger partial charge in [-0.15, -0.1) is 23.1 Å². The van der Waals surface area contributed by atoms with Crippen molar-refractivity contribution in [3.63, 3.8) is 0 Å². The predicted molar refractivity (Wildman–Crippen MR) is 110 cm³/mol. The number of hydrogen-bond acceptors (Lipinski definition) is 11. The normalized spacial score (nSPS) is 21.2. The zero-order valence-corrected chi connectivity index (χ0v) is 17.1. The van der Waals surface area contributed by atoms with Gasteiger partial charge in [-0.25, -0.2) is 9.78 Å². The molecule has 160 valence electrons. The van der Waals surface area contributed by atoms with Crippen molar-refractivity contribution < 1.29 is 29.2 Å². The summed E-state index contributed by atoms with van der Waals surface area (Å²) in [4.78, 5) is 42.0. The fraction of sp³-hybridized carbons (Fsp3) is 0.176. The first-order valence-corrected chi connectivity index (χ1v) is 10.6. The Morgan fingerprint density at radius 3 is 2.84 bits per heavy atom. The number of thioether (sulfide) groups is 1. The van der Waals surface area contributed by atoms with E-state index in [2.05, 4.69) is 20.6 Å². The number of carbonyl (C=O) groups is 3. The monoisotopic (exact) mass is 462 g/mol. The van der Waals surface area contributed by atoms with Crippen LogP contribution in [0.2, 0.25) is 0 Å². The van der Waals surface area contributed by atoms with Crippen LogP contribution >= 0.6 is 23.1 Å². The van der Waals surface area contributed by atoms with Crippen molar-refractivity contribution >= 4 is 57.8 Å². The number of nitrogens with two attached hydrogens (primary N) is 1. The van der Waals surface area contributed by atoms with Gasteiger partial charge < -0.3 is 25.9 Å². The van der Waals surface area contributed by atoms with Crippen LogP contribution in [0.5, 0.6) is 0 Å². The summed E-state index contributed by atoms with van der Waals surface area (Å²) in [5.41, 5.74) is 5.44. The number of hydrogen-bond donors (Lipinski definition) is 4. The van der Waals surface area contributed by atoms with Crippen LogP contribution in [-0.4, -0.2) is 66.0 Å². The van der Waals surface area contributed by atoms with Gasteiger partial charge in [0.25, 0.3) is 11.8 Å². The van der Waals surface area contributed by atoms with Crippen LogP contribution in [0.15, 0.2) is 44.7 Å². The van der Waals surface area contributed by atoms with Crippen LogP contribution in [0, 0.1) is 0 Å². The van der Waals surface area contributed by atoms with Crippen molar-refractivity contribution in [2.24, 2.45) is 5.16 Å². The van der Waals surface area contributed by atoms with Crippen molar-refractivity contribution in [2.45, 2.75) is 11.4 Å². The number of nitrogens with zero attached hydrogens (tertiary/aromatic N) is 4. The first-order chi connectivity index (χ1) is 14.9. The maximum atomic E-state index is 12.7. The third-order valence-corrected chi connectivity index (χ3v) is 6.45. The standard InChI is InChI=1S/C17H14N6O6S2/c18-17-20-9(6-31-17)10(22-28)13(24)21-11-14(25)23-12(16(26)27)7(5-30-15(11)23)1-2-8-3-4-19-29-8/h1-4,6,11,15,28H,5H2,(H2,18,20)(H,21,24)(H,26,27)/b2-1-,22-10-/t11-,15-/m1/s1. The van der Waals surface area contributed by atoms with Crippen molar-refractivity contribution in [3.05, 3.63) is 46.4 Å². The predicted octanol–water partition coefficient (Wildman–Crippen LogP) is 0.344. The Balaban J connectivity index is 1.52. The number of nitrogens with one attached hydrogen (secondary N) is 1. The number of carbonyl (C=O) groups excluding carboxylic acids is 2. The second-order valence-corrected chi connectivity index (χ2v) is 8.30. The Labute approximate surface area is 182 Å². The highest BCUT2D eigenvalue weighted by Gasteiger charge is 2.54. The Hall–Kier alpha value is -3.65. The summed E-state index contributed by atoms with van der Waals surface area (Å²) in [5.74, 6) is -1.97. The molecule has 0 unspecified atom stereocenters. The molecule has 2 aliphatic rings. The van der Waals surface area contributed by atoms with Gasteiger partial charge in [-0.2, -0.15) is 0 Å². The molecule has 2 amide bonds. The Kier molecular flexibility index (Phi) is 5.48. The van der Waals surface area contributed by atoms with Gasteiger partial charge in [-0.3, -0.25) is 14.5 Å². The number of allylic oxidation sites excluding steroid dienone is 1. The van der Waals surface area contributed by atoms with Gasteiger partial charge in [0.1, 0.15) is 22.8 Å². The highest BCUT2D eigenvalue weighted by atomic mass is 32.2. The van der Waals surface area contributed by atoms with Crippen LogP contribution < -0.4 is 11.1 Å². The minimum absolute atomic E-state index is 0.0633. The second-order valence-electron chi connectivity index (χ2n) is 6.31. The fourth-order valence-electron chi connectivity index (χ4n) is 3.08. The highest BCUT2D eigenvalue weighted by molar-refractivity contribution is 8.00. The van der Waals surface area contributed by atoms with E-state index < -0.39 is 34.9 Å². The lowest BCUT2D eigenvalue weighted by molar-refractivity contribution is -0.150. The largest absolute Gasteiger partial charge is 0.477 e. The Bertz CT molecular complexity index is 1140. The Morgan fingerprint density at radius 2 is 2.23 bits per heavy atom. The maximum absolute atomic E-state index is 12.7. The molecule has 0 bridgehead atoms. The molecule has 0 aliphatic carbocycles. The van der Waals surface area contributed by atoms with Crippen LogP contribution in [0.3, 0.4) is 0 Å². The molecule has 12 nitrogen and oxygen atoms in total. The SMILES string of the molecule is Nc1nc(/C(=N/O)C(=O)N[C@@H]2C(=O)N3C(C(=O)O)=C(/C=C\c4ccno4)CS[C@H]23)cs1. The minimum atomic E-state index is -1.27. The summed E-state index contributed by atoms with van der Waals surface area (Å²) in [6.45, 7) is 0. The van der Waals surface area contributed by atoms with E-state index in [-0.39, 0.29) is 22.3 Å². The second kappa shape index (κ2) is 8.23. The highest BCUT2D eigenvalue weighted by Crippen LogP contribution is 2.40. The number of oxime groups is 1. The quantitative estimate of drug-likeness (QED) is 0.202. The van der Waals surface area contributed by atoms with Crippen molar-refractivity contribution in [2.75, 3.05) is 11.5 Å². The van der Waals surface area contributed by atoms with Crippen LogP contribution in [-0.2, 0) is 14.4 Å². The first kappa shape index (κ1) is 20.6. The lowest BCUT2D eigenvalue weighted by Crippen LogP contribution is -2.71. The average Bonchev–Trinajstić information content (AvgIpc) is 3.42. The lowest BCUT2D eigenvalue weighted by atomic mass is 10.0. The van der Waals surface area contributed by atoms with Gasteiger partial charge in [0, 0.05) is 17.2 Å². The minimum Gasteiger partial charge on any atom is -0.477 e. The van der Waals surface area contributed by atoms with Crippen LogP contribution in [0.25, 0.3) is 6.08 Å². The molecule has 0 radical (unpaired) electrons. The number of carboxylic acids is 1. The van der Waals surface area contributed by atoms with E-state index in [1.54, 1.807) is 18.2 Å². The summed E-state index contributed by atoms with van der Waals surface area (Å²) < 4.78 is 4.95. The summed E-state index contributed by atoms with van der Waals surface area (Å²) in [7, 11) is 0. The molecule has 1 saturated heterocycles. The molecular formula is C17H14N6O6S2. The molecule has 2 aliphatic heterocycles. The van der Waals surface area contributed by atoms with Crippen LogP contribution in [0.1, 0.15) is 11.5 Å². The zero-order chi connectivity index (χ0) is 22.1. The number of aromatic nitrogens is 2. The molecular weight excluding hydrogens is 448 g/mol. The summed E-state index contributed by atoms with van der Waals surface area (Å²) in [6.07, 6.45) is 4.56. The van der Waals surface area contributed by atoms with Gasteiger partial charge in [-0.05, 0) is 11.6 Å². The number of carboxylic acid groups (broad SMARTS) is 1. The van der Waals surface area contributed by atoms with Crippen molar-refractivity contribution in [1.29, 1.82) is 0 Å². The van der Waals surface area contributed by atoms with Crippen molar-refractivity contribution in [1.82, 2.24) is 20.4 Å². The molecule has 0 aromatic carbocycles. The van der Waals surface area contributed by atoms with Gasteiger partial charge in [0.2, 0.25) is 0 Å². The van der Waals surface area contributed by atoms with E-state index in [0.717, 1.165) is 16.2 Å². The third kappa shape index (κ3) is 3.77. The summed E-state index contributed by atoms with van der Waals surface area (Å²) in [6, 6.07) is 0.617. The number of anilines is 1. The molecule has 4 rings (SSSR count). The number of thiazole rings is 1. The van der Waals surface area contributed by atoms with Crippen molar-refractivity contribution in [3.8, 4) is 0 Å². The number of aliphatic carboxylic acids is 1. The van der Waals surface area contributed by atoms with E-state index >= 15 is 0 Å². The molecule has 4 heterocycles. The molecule has 0 saturated carbocycles. The number of β-lactam (4-membered cyclic amide) rings is 1. The van der Waals surface area contributed by atoms with Gasteiger partial charge in [0.05, 0.1) is 6.20 Å². The number of amides is 2. The summed E-state index contributed by atoms with van der Waals surface area (Å²) >= 11 is 2.35.